The third-order valence-electron chi connectivity index (χ3n) is 7.35. The first-order valence-corrected chi connectivity index (χ1v) is 15.2. The zero-order valence-electron chi connectivity index (χ0n) is 24.5. The van der Waals surface area contributed by atoms with Gasteiger partial charge in [0.2, 0.25) is 5.91 Å². The number of ether oxygens (including phenoxy) is 2. The SMILES string of the molecule is COc1ccc(CSc2nc(=O)ccn2CC(=O)N(CCNC(=O)OCC2c3ccccc3-c3ccccc32)CC(=O)O)cc1. The van der Waals surface area contributed by atoms with Gasteiger partial charge in [-0.25, -0.2) is 4.79 Å². The number of rotatable bonds is 13. The van der Waals surface area contributed by atoms with Crippen LogP contribution in [-0.4, -0.2) is 70.9 Å². The van der Waals surface area contributed by atoms with Gasteiger partial charge < -0.3 is 29.4 Å². The Kier molecular flexibility index (Phi) is 10.2. The van der Waals surface area contributed by atoms with Gasteiger partial charge in [-0.1, -0.05) is 72.4 Å². The third-order valence-corrected chi connectivity index (χ3v) is 8.42. The van der Waals surface area contributed by atoms with Crippen LogP contribution in [0.25, 0.3) is 11.1 Å². The van der Waals surface area contributed by atoms with Crippen molar-refractivity contribution in [3.05, 3.63) is 112 Å². The Morgan fingerprint density at radius 2 is 1.64 bits per heavy atom. The van der Waals surface area contributed by atoms with Crippen molar-refractivity contribution in [2.24, 2.45) is 0 Å². The first-order valence-electron chi connectivity index (χ1n) is 14.2. The summed E-state index contributed by atoms with van der Waals surface area (Å²) in [6.45, 7) is -0.744. The maximum atomic E-state index is 13.2. The zero-order chi connectivity index (χ0) is 31.8. The summed E-state index contributed by atoms with van der Waals surface area (Å²) in [5, 5.41) is 12.4. The number of hydrogen-bond acceptors (Lipinski definition) is 8. The normalized spacial score (nSPS) is 11.8. The van der Waals surface area contributed by atoms with Crippen LogP contribution < -0.4 is 15.6 Å². The monoisotopic (exact) mass is 628 g/mol. The summed E-state index contributed by atoms with van der Waals surface area (Å²) in [6, 6.07) is 24.7. The molecular weight excluding hydrogens is 596 g/mol. The molecule has 0 radical (unpaired) electrons. The fourth-order valence-corrected chi connectivity index (χ4v) is 6.10. The molecule has 1 aromatic heterocycles. The van der Waals surface area contributed by atoms with Crippen molar-refractivity contribution >= 4 is 29.7 Å². The predicted molar refractivity (Wildman–Crippen MR) is 168 cm³/mol. The van der Waals surface area contributed by atoms with Gasteiger partial charge in [-0.05, 0) is 39.9 Å². The summed E-state index contributed by atoms with van der Waals surface area (Å²) < 4.78 is 12.2. The number of carbonyl (C=O) groups excluding carboxylic acids is 2. The van der Waals surface area contributed by atoms with Crippen LogP contribution >= 0.6 is 11.8 Å². The number of nitrogens with zero attached hydrogens (tertiary/aromatic N) is 3. The molecule has 12 heteroatoms. The highest BCUT2D eigenvalue weighted by Crippen LogP contribution is 2.44. The number of methoxy groups -OCH3 is 1. The van der Waals surface area contributed by atoms with Crippen LogP contribution in [-0.2, 0) is 26.6 Å². The van der Waals surface area contributed by atoms with Crippen molar-refractivity contribution in [2.75, 3.05) is 33.4 Å². The number of fused-ring (bicyclic) bond motifs is 3. The Hall–Kier alpha value is -5.10. The summed E-state index contributed by atoms with van der Waals surface area (Å²) in [5.41, 5.74) is 4.91. The van der Waals surface area contributed by atoms with Crippen LogP contribution in [0.4, 0.5) is 4.79 Å². The maximum Gasteiger partial charge on any atom is 0.407 e. The first-order chi connectivity index (χ1) is 21.8. The second kappa shape index (κ2) is 14.6. The molecule has 0 bridgehead atoms. The molecule has 11 nitrogen and oxygen atoms in total. The minimum absolute atomic E-state index is 0.0167. The van der Waals surface area contributed by atoms with Gasteiger partial charge in [0.25, 0.3) is 5.56 Å². The Balaban J connectivity index is 1.16. The van der Waals surface area contributed by atoms with Crippen molar-refractivity contribution in [1.29, 1.82) is 0 Å². The highest BCUT2D eigenvalue weighted by Gasteiger charge is 2.29. The Morgan fingerprint density at radius 3 is 2.29 bits per heavy atom. The number of hydrogen-bond donors (Lipinski definition) is 2. The molecule has 0 unspecified atom stereocenters. The lowest BCUT2D eigenvalue weighted by molar-refractivity contribution is -0.144. The number of benzene rings is 3. The standard InChI is InChI=1S/C33H32N4O7S/c1-43-23-12-10-22(11-13-23)21-45-32-35-29(38)14-16-37(32)18-30(39)36(19-31(40)41)17-15-34-33(42)44-20-28-26-8-4-2-6-24(26)25-7-3-5-9-27(25)28/h2-14,16,28H,15,17-21H2,1H3,(H,34,42)(H,40,41). The minimum atomic E-state index is -1.20. The fourth-order valence-electron chi connectivity index (χ4n) is 5.16. The number of thioether (sulfide) groups is 1. The summed E-state index contributed by atoms with van der Waals surface area (Å²) in [7, 11) is 1.58. The second-order valence-electron chi connectivity index (χ2n) is 10.3. The number of alkyl carbamates (subject to hydrolysis) is 1. The number of aromatic nitrogens is 2. The molecule has 1 heterocycles. The van der Waals surface area contributed by atoms with Crippen LogP contribution in [0.5, 0.6) is 5.75 Å². The molecule has 45 heavy (non-hydrogen) atoms. The molecule has 0 spiro atoms. The largest absolute Gasteiger partial charge is 0.497 e. The minimum Gasteiger partial charge on any atom is -0.497 e. The number of nitrogens with one attached hydrogen (secondary N) is 1. The molecule has 0 fully saturated rings. The molecule has 0 saturated carbocycles. The lowest BCUT2D eigenvalue weighted by Crippen LogP contribution is -2.43. The van der Waals surface area contributed by atoms with E-state index in [1.165, 1.54) is 28.6 Å². The average Bonchev–Trinajstić information content (AvgIpc) is 3.37. The van der Waals surface area contributed by atoms with Crippen molar-refractivity contribution in [3.63, 3.8) is 0 Å². The maximum absolute atomic E-state index is 13.2. The van der Waals surface area contributed by atoms with Gasteiger partial charge in [-0.15, -0.1) is 0 Å². The van der Waals surface area contributed by atoms with E-state index in [-0.39, 0.29) is 32.2 Å². The van der Waals surface area contributed by atoms with Gasteiger partial charge in [0.15, 0.2) is 5.16 Å². The van der Waals surface area contributed by atoms with Crippen molar-refractivity contribution in [2.45, 2.75) is 23.4 Å². The molecule has 2 N–H and O–H groups in total. The van der Waals surface area contributed by atoms with E-state index in [9.17, 15) is 24.3 Å². The zero-order valence-corrected chi connectivity index (χ0v) is 25.4. The van der Waals surface area contributed by atoms with E-state index in [0.29, 0.717) is 10.9 Å². The highest BCUT2D eigenvalue weighted by atomic mass is 32.2. The van der Waals surface area contributed by atoms with E-state index >= 15 is 0 Å². The first kappa shape index (κ1) is 31.3. The van der Waals surface area contributed by atoms with Crippen molar-refractivity contribution in [3.8, 4) is 16.9 Å². The van der Waals surface area contributed by atoms with Gasteiger partial charge in [-0.2, -0.15) is 4.98 Å². The number of carboxylic acids is 1. The number of amides is 2. The van der Waals surface area contributed by atoms with Crippen LogP contribution in [0.3, 0.4) is 0 Å². The van der Waals surface area contributed by atoms with Gasteiger partial charge in [-0.3, -0.25) is 14.4 Å². The van der Waals surface area contributed by atoms with Gasteiger partial charge in [0, 0.05) is 37.0 Å². The van der Waals surface area contributed by atoms with E-state index in [1.54, 1.807) is 7.11 Å². The van der Waals surface area contributed by atoms with Crippen LogP contribution in [0.2, 0.25) is 0 Å². The van der Waals surface area contributed by atoms with E-state index in [4.69, 9.17) is 9.47 Å². The molecule has 232 valence electrons. The molecule has 0 saturated heterocycles. The summed E-state index contributed by atoms with van der Waals surface area (Å²) in [6.07, 6.45) is 0.790. The Bertz CT molecular complexity index is 1700. The van der Waals surface area contributed by atoms with Crippen molar-refractivity contribution in [1.82, 2.24) is 19.8 Å². The molecule has 0 aliphatic heterocycles. The van der Waals surface area contributed by atoms with E-state index in [0.717, 1.165) is 38.5 Å². The average molecular weight is 629 g/mol. The third kappa shape index (κ3) is 7.90. The second-order valence-corrected chi connectivity index (χ2v) is 11.2. The van der Waals surface area contributed by atoms with E-state index in [1.807, 2.05) is 72.8 Å². The lowest BCUT2D eigenvalue weighted by atomic mass is 9.98. The number of carbonyl (C=O) groups is 3. The van der Waals surface area contributed by atoms with Gasteiger partial charge >= 0.3 is 12.1 Å². The molecule has 1 aliphatic rings. The topological polar surface area (TPSA) is 140 Å². The molecular formula is C33H32N4O7S. The Morgan fingerprint density at radius 1 is 0.978 bits per heavy atom. The fraction of sp³-hybridized carbons (Fsp3) is 0.242. The summed E-state index contributed by atoms with van der Waals surface area (Å²) >= 11 is 1.27. The van der Waals surface area contributed by atoms with Gasteiger partial charge in [0.05, 0.1) is 7.11 Å². The van der Waals surface area contributed by atoms with Crippen LogP contribution in [0.15, 0.2) is 95.0 Å². The lowest BCUT2D eigenvalue weighted by Gasteiger charge is -2.22. The molecule has 0 atom stereocenters. The predicted octanol–water partition coefficient (Wildman–Crippen LogP) is 4.00. The van der Waals surface area contributed by atoms with Gasteiger partial charge in [0.1, 0.15) is 25.4 Å². The molecule has 5 rings (SSSR count). The van der Waals surface area contributed by atoms with E-state index < -0.39 is 30.1 Å². The molecule has 2 amide bonds. The quantitative estimate of drug-likeness (QED) is 0.166. The molecule has 1 aliphatic carbocycles. The smallest absolute Gasteiger partial charge is 0.407 e. The van der Waals surface area contributed by atoms with Crippen molar-refractivity contribution < 1.29 is 29.0 Å². The van der Waals surface area contributed by atoms with E-state index in [2.05, 4.69) is 10.3 Å². The Labute approximate surface area is 263 Å². The van der Waals surface area contributed by atoms with Crippen LogP contribution in [0.1, 0.15) is 22.6 Å². The molecule has 4 aromatic rings. The molecule has 3 aromatic carbocycles. The number of aliphatic carboxylic acids is 1. The summed E-state index contributed by atoms with van der Waals surface area (Å²) in [4.78, 5) is 54.5. The van der Waals surface area contributed by atoms with Crippen LogP contribution in [0, 0.1) is 0 Å². The highest BCUT2D eigenvalue weighted by molar-refractivity contribution is 7.98. The number of carboxylic acid groups (broad SMARTS) is 1. The summed E-state index contributed by atoms with van der Waals surface area (Å²) in [5.74, 6) is -0.607.